The number of nitro benzene ring substituents is 1. The summed E-state index contributed by atoms with van der Waals surface area (Å²) in [4.78, 5) is 16.5. The van der Waals surface area contributed by atoms with Crippen molar-refractivity contribution in [2.75, 3.05) is 45.4 Å². The highest BCUT2D eigenvalue weighted by Gasteiger charge is 2.36. The summed E-state index contributed by atoms with van der Waals surface area (Å²) >= 11 is 0. The Morgan fingerprint density at radius 3 is 2.41 bits per heavy atom. The van der Waals surface area contributed by atoms with Gasteiger partial charge < -0.3 is 23.1 Å². The standard InChI is InChI=1S/C16H20N3O7P/c1-23-27(22,24-2)15-16(18-7-9-25-10-8-18)26-14(17-15)11-12-3-5-13(6-4-12)19(20)21/h3-6H,7-11H2,1-2H3. The normalized spacial score (nSPS) is 15.1. The third-order valence-electron chi connectivity index (χ3n) is 4.18. The van der Waals surface area contributed by atoms with E-state index in [0.29, 0.717) is 38.1 Å². The number of benzene rings is 1. The summed E-state index contributed by atoms with van der Waals surface area (Å²) in [7, 11) is -1.04. The molecule has 2 heterocycles. The van der Waals surface area contributed by atoms with Crippen LogP contribution in [0.4, 0.5) is 11.6 Å². The first-order valence-corrected chi connectivity index (χ1v) is 9.79. The lowest BCUT2D eigenvalue weighted by Crippen LogP contribution is -2.38. The number of hydrogen-bond acceptors (Lipinski definition) is 9. The lowest BCUT2D eigenvalue weighted by molar-refractivity contribution is -0.384. The Morgan fingerprint density at radius 2 is 1.85 bits per heavy atom. The Morgan fingerprint density at radius 1 is 1.22 bits per heavy atom. The van der Waals surface area contributed by atoms with Crippen molar-refractivity contribution in [2.24, 2.45) is 0 Å². The highest BCUT2D eigenvalue weighted by atomic mass is 31.2. The summed E-state index contributed by atoms with van der Waals surface area (Å²) in [6, 6.07) is 6.08. The van der Waals surface area contributed by atoms with E-state index in [9.17, 15) is 14.7 Å². The fourth-order valence-electron chi connectivity index (χ4n) is 2.73. The molecule has 1 fully saturated rings. The van der Waals surface area contributed by atoms with Crippen LogP contribution in [0.1, 0.15) is 11.5 Å². The second-order valence-electron chi connectivity index (χ2n) is 5.80. The maximum atomic E-state index is 12.9. The molecule has 1 aromatic heterocycles. The predicted molar refractivity (Wildman–Crippen MR) is 96.7 cm³/mol. The Bertz CT molecular complexity index is 838. The van der Waals surface area contributed by atoms with Crippen LogP contribution in [-0.4, -0.2) is 50.4 Å². The second kappa shape index (κ2) is 8.18. The zero-order valence-corrected chi connectivity index (χ0v) is 15.9. The maximum absolute atomic E-state index is 12.9. The van der Waals surface area contributed by atoms with Gasteiger partial charge in [-0.15, -0.1) is 0 Å². The lowest BCUT2D eigenvalue weighted by Gasteiger charge is -2.27. The summed E-state index contributed by atoms with van der Waals surface area (Å²) in [5.74, 6) is 0.650. The zero-order valence-electron chi connectivity index (χ0n) is 15.0. The van der Waals surface area contributed by atoms with Gasteiger partial charge in [0.05, 0.1) is 18.1 Å². The molecule has 0 unspecified atom stereocenters. The Hall–Kier alpha value is -2.26. The average Bonchev–Trinajstić information content (AvgIpc) is 3.13. The molecule has 0 N–H and O–H groups in total. The molecule has 0 spiro atoms. The minimum absolute atomic E-state index is 0.00381. The van der Waals surface area contributed by atoms with Crippen molar-refractivity contribution in [1.82, 2.24) is 4.98 Å². The minimum Gasteiger partial charge on any atom is -0.424 e. The molecule has 1 aromatic carbocycles. The number of non-ortho nitro benzene ring substituents is 1. The van der Waals surface area contributed by atoms with Gasteiger partial charge in [-0.25, -0.2) is 4.98 Å². The molecule has 1 aliphatic rings. The molecule has 1 aliphatic heterocycles. The first kappa shape index (κ1) is 19.5. The van der Waals surface area contributed by atoms with Gasteiger partial charge in [-0.3, -0.25) is 14.7 Å². The average molecular weight is 397 g/mol. The number of aromatic nitrogens is 1. The van der Waals surface area contributed by atoms with Gasteiger partial charge >= 0.3 is 7.60 Å². The van der Waals surface area contributed by atoms with Gasteiger partial charge in [0.25, 0.3) is 5.69 Å². The highest BCUT2D eigenvalue weighted by Crippen LogP contribution is 2.47. The van der Waals surface area contributed by atoms with Gasteiger partial charge in [-0.2, -0.15) is 0 Å². The first-order valence-electron chi connectivity index (χ1n) is 8.24. The molecule has 1 saturated heterocycles. The number of nitro groups is 1. The quantitative estimate of drug-likeness (QED) is 0.393. The molecular weight excluding hydrogens is 377 g/mol. The number of nitrogens with zero attached hydrogens (tertiary/aromatic N) is 3. The lowest BCUT2D eigenvalue weighted by atomic mass is 10.1. The number of oxazole rings is 1. The van der Waals surface area contributed by atoms with Gasteiger partial charge in [-0.1, -0.05) is 12.1 Å². The van der Waals surface area contributed by atoms with Gasteiger partial charge in [0, 0.05) is 45.9 Å². The van der Waals surface area contributed by atoms with E-state index in [-0.39, 0.29) is 17.5 Å². The number of hydrogen-bond donors (Lipinski definition) is 0. The first-order chi connectivity index (χ1) is 13.0. The molecule has 3 rings (SSSR count). The summed E-state index contributed by atoms with van der Waals surface area (Å²) in [5, 5.41) is 10.8. The van der Waals surface area contributed by atoms with Crippen LogP contribution in [-0.2, 0) is 24.8 Å². The van der Waals surface area contributed by atoms with Crippen LogP contribution >= 0.6 is 7.60 Å². The Kier molecular flexibility index (Phi) is 5.91. The van der Waals surface area contributed by atoms with E-state index in [4.69, 9.17) is 18.2 Å². The van der Waals surface area contributed by atoms with Crippen LogP contribution in [0.2, 0.25) is 0 Å². The predicted octanol–water partition coefficient (Wildman–Crippen LogP) is 2.12. The number of ether oxygens (including phenoxy) is 1. The zero-order chi connectivity index (χ0) is 19.4. The molecule has 10 nitrogen and oxygen atoms in total. The maximum Gasteiger partial charge on any atom is 0.384 e. The van der Waals surface area contributed by atoms with E-state index >= 15 is 0 Å². The van der Waals surface area contributed by atoms with Crippen molar-refractivity contribution in [3.8, 4) is 0 Å². The third-order valence-corrected chi connectivity index (χ3v) is 5.95. The Balaban J connectivity index is 1.92. The Labute approximate surface area is 155 Å². The van der Waals surface area contributed by atoms with Crippen molar-refractivity contribution in [1.29, 1.82) is 0 Å². The molecule has 0 atom stereocenters. The molecule has 0 amide bonds. The van der Waals surface area contributed by atoms with Crippen molar-refractivity contribution >= 4 is 24.6 Å². The van der Waals surface area contributed by atoms with Crippen molar-refractivity contribution < 1.29 is 27.7 Å². The van der Waals surface area contributed by atoms with Crippen LogP contribution < -0.4 is 10.3 Å². The van der Waals surface area contributed by atoms with Crippen LogP contribution in [0.25, 0.3) is 0 Å². The molecule has 0 bridgehead atoms. The van der Waals surface area contributed by atoms with Crippen LogP contribution in [0.5, 0.6) is 0 Å². The summed E-state index contributed by atoms with van der Waals surface area (Å²) in [6.07, 6.45) is 0.281. The van der Waals surface area contributed by atoms with Gasteiger partial charge in [0.2, 0.25) is 17.2 Å². The van der Waals surface area contributed by atoms with Crippen molar-refractivity contribution in [3.63, 3.8) is 0 Å². The van der Waals surface area contributed by atoms with E-state index in [2.05, 4.69) is 4.98 Å². The topological polar surface area (TPSA) is 117 Å². The van der Waals surface area contributed by atoms with Gasteiger partial charge in [-0.05, 0) is 5.56 Å². The molecule has 27 heavy (non-hydrogen) atoms. The van der Waals surface area contributed by atoms with Gasteiger partial charge in [0.1, 0.15) is 0 Å². The fourth-order valence-corrected chi connectivity index (χ4v) is 3.88. The molecule has 0 saturated carbocycles. The molecule has 2 aromatic rings. The van der Waals surface area contributed by atoms with E-state index in [1.54, 1.807) is 12.1 Å². The van der Waals surface area contributed by atoms with Crippen LogP contribution in [0.3, 0.4) is 0 Å². The minimum atomic E-state index is -3.62. The van der Waals surface area contributed by atoms with Crippen LogP contribution in [0.15, 0.2) is 28.7 Å². The fraction of sp³-hybridized carbons (Fsp3) is 0.438. The second-order valence-corrected chi connectivity index (χ2v) is 7.95. The molecule has 146 valence electrons. The number of anilines is 1. The summed E-state index contributed by atoms with van der Waals surface area (Å²) in [6.45, 7) is 2.16. The smallest absolute Gasteiger partial charge is 0.384 e. The van der Waals surface area contributed by atoms with Gasteiger partial charge in [0.15, 0.2) is 0 Å². The van der Waals surface area contributed by atoms with Crippen molar-refractivity contribution in [2.45, 2.75) is 6.42 Å². The van der Waals surface area contributed by atoms with E-state index in [1.165, 1.54) is 26.4 Å². The van der Waals surface area contributed by atoms with E-state index in [1.807, 2.05) is 4.90 Å². The SMILES string of the molecule is COP(=O)(OC)c1nc(Cc2ccc([N+](=O)[O-])cc2)oc1N1CCOCC1. The molecular formula is C16H20N3O7P. The molecule has 0 aliphatic carbocycles. The largest absolute Gasteiger partial charge is 0.424 e. The molecule has 11 heteroatoms. The monoisotopic (exact) mass is 397 g/mol. The summed E-state index contributed by atoms with van der Waals surface area (Å²) < 4.78 is 34.3. The van der Waals surface area contributed by atoms with Crippen molar-refractivity contribution in [3.05, 3.63) is 45.8 Å². The summed E-state index contributed by atoms with van der Waals surface area (Å²) in [5.41, 5.74) is 0.891. The van der Waals surface area contributed by atoms with Crippen LogP contribution in [0, 0.1) is 10.1 Å². The van der Waals surface area contributed by atoms with E-state index < -0.39 is 12.5 Å². The number of rotatable bonds is 7. The molecule has 0 radical (unpaired) electrons. The van der Waals surface area contributed by atoms with E-state index in [0.717, 1.165) is 5.56 Å². The third kappa shape index (κ3) is 4.19. The number of morpholine rings is 1. The highest BCUT2D eigenvalue weighted by molar-refractivity contribution is 7.62.